The average Bonchev–Trinajstić information content (AvgIpc) is 2.56. The molecule has 0 aromatic heterocycles. The van der Waals surface area contributed by atoms with Crippen LogP contribution in [-0.2, 0) is 10.0 Å². The molecular weight excluding hydrogens is 348 g/mol. The molecule has 0 atom stereocenters. The monoisotopic (exact) mass is 374 g/mol. The number of hydrogen-bond donors (Lipinski definition) is 2. The predicted molar refractivity (Wildman–Crippen MR) is 105 cm³/mol. The standard InChI is InChI=1S/C20H26N2O3S/c1-13(2)12-21-26(24,25)18-8-6-7-17(11-18)20(23)22-19-15(4)9-14(3)10-16(19)5/h6-11,13,21H,12H2,1-5H3,(H,22,23). The van der Waals surface area contributed by atoms with Crippen LogP contribution in [0.15, 0.2) is 41.3 Å². The van der Waals surface area contributed by atoms with E-state index in [0.29, 0.717) is 12.1 Å². The quantitative estimate of drug-likeness (QED) is 0.807. The van der Waals surface area contributed by atoms with E-state index in [1.165, 1.54) is 12.1 Å². The number of anilines is 1. The Balaban J connectivity index is 2.26. The van der Waals surface area contributed by atoms with Gasteiger partial charge in [0, 0.05) is 17.8 Å². The van der Waals surface area contributed by atoms with Crippen molar-refractivity contribution in [3.8, 4) is 0 Å². The molecule has 0 aliphatic carbocycles. The molecule has 2 N–H and O–H groups in total. The SMILES string of the molecule is Cc1cc(C)c(NC(=O)c2cccc(S(=O)(=O)NCC(C)C)c2)c(C)c1. The maximum atomic E-state index is 12.6. The molecule has 2 aromatic rings. The largest absolute Gasteiger partial charge is 0.322 e. The van der Waals surface area contributed by atoms with Gasteiger partial charge in [0.15, 0.2) is 0 Å². The molecule has 140 valence electrons. The number of nitrogens with one attached hydrogen (secondary N) is 2. The summed E-state index contributed by atoms with van der Waals surface area (Å²) in [4.78, 5) is 12.7. The van der Waals surface area contributed by atoms with E-state index in [1.807, 2.05) is 46.8 Å². The van der Waals surface area contributed by atoms with Crippen LogP contribution in [0.25, 0.3) is 0 Å². The van der Waals surface area contributed by atoms with E-state index in [4.69, 9.17) is 0 Å². The topological polar surface area (TPSA) is 75.3 Å². The van der Waals surface area contributed by atoms with Gasteiger partial charge < -0.3 is 5.32 Å². The van der Waals surface area contributed by atoms with E-state index >= 15 is 0 Å². The third-order valence-corrected chi connectivity index (χ3v) is 5.42. The van der Waals surface area contributed by atoms with Crippen LogP contribution in [-0.4, -0.2) is 20.9 Å². The van der Waals surface area contributed by atoms with Gasteiger partial charge >= 0.3 is 0 Å². The lowest BCUT2D eigenvalue weighted by molar-refractivity contribution is 0.102. The van der Waals surface area contributed by atoms with Crippen molar-refractivity contribution in [2.24, 2.45) is 5.92 Å². The van der Waals surface area contributed by atoms with Crippen LogP contribution >= 0.6 is 0 Å². The van der Waals surface area contributed by atoms with Gasteiger partial charge in [0.05, 0.1) is 4.90 Å². The smallest absolute Gasteiger partial charge is 0.255 e. The second kappa shape index (κ2) is 8.01. The summed E-state index contributed by atoms with van der Waals surface area (Å²) in [5, 5.41) is 2.90. The van der Waals surface area contributed by atoms with Crippen LogP contribution in [0.2, 0.25) is 0 Å². The van der Waals surface area contributed by atoms with Crippen molar-refractivity contribution in [1.29, 1.82) is 0 Å². The third-order valence-electron chi connectivity index (χ3n) is 4.00. The highest BCUT2D eigenvalue weighted by molar-refractivity contribution is 7.89. The molecule has 5 nitrogen and oxygen atoms in total. The van der Waals surface area contributed by atoms with Crippen molar-refractivity contribution in [3.63, 3.8) is 0 Å². The summed E-state index contributed by atoms with van der Waals surface area (Å²) in [5.41, 5.74) is 4.13. The third kappa shape index (κ3) is 4.93. The lowest BCUT2D eigenvalue weighted by Gasteiger charge is -2.14. The summed E-state index contributed by atoms with van der Waals surface area (Å²) >= 11 is 0. The van der Waals surface area contributed by atoms with Crippen molar-refractivity contribution in [1.82, 2.24) is 4.72 Å². The molecule has 0 heterocycles. The normalized spacial score (nSPS) is 11.6. The van der Waals surface area contributed by atoms with Gasteiger partial charge in [0.1, 0.15) is 0 Å². The van der Waals surface area contributed by atoms with E-state index in [9.17, 15) is 13.2 Å². The molecule has 26 heavy (non-hydrogen) atoms. The molecule has 0 spiro atoms. The Morgan fingerprint density at radius 1 is 1.04 bits per heavy atom. The number of carbonyl (C=O) groups excluding carboxylic acids is 1. The van der Waals surface area contributed by atoms with Crippen LogP contribution in [0.4, 0.5) is 5.69 Å². The van der Waals surface area contributed by atoms with Gasteiger partial charge in [-0.1, -0.05) is 37.6 Å². The van der Waals surface area contributed by atoms with Crippen molar-refractivity contribution in [3.05, 3.63) is 58.7 Å². The molecule has 0 bridgehead atoms. The number of hydrogen-bond acceptors (Lipinski definition) is 3. The molecule has 2 aromatic carbocycles. The van der Waals surface area contributed by atoms with Gasteiger partial charge in [-0.15, -0.1) is 0 Å². The fourth-order valence-corrected chi connectivity index (χ4v) is 3.99. The molecule has 0 radical (unpaired) electrons. The zero-order valence-corrected chi connectivity index (χ0v) is 16.7. The Hall–Kier alpha value is -2.18. The minimum Gasteiger partial charge on any atom is -0.322 e. The first-order chi connectivity index (χ1) is 12.1. The maximum Gasteiger partial charge on any atom is 0.255 e. The average molecular weight is 375 g/mol. The lowest BCUT2D eigenvalue weighted by atomic mass is 10.0. The van der Waals surface area contributed by atoms with Crippen molar-refractivity contribution in [2.45, 2.75) is 39.5 Å². The van der Waals surface area contributed by atoms with E-state index in [-0.39, 0.29) is 16.7 Å². The first-order valence-corrected chi connectivity index (χ1v) is 10.1. The van der Waals surface area contributed by atoms with Crippen molar-refractivity contribution < 1.29 is 13.2 Å². The van der Waals surface area contributed by atoms with Crippen LogP contribution in [0.5, 0.6) is 0 Å². The molecule has 0 saturated carbocycles. The van der Waals surface area contributed by atoms with Crippen LogP contribution < -0.4 is 10.0 Å². The number of sulfonamides is 1. The van der Waals surface area contributed by atoms with Crippen LogP contribution in [0, 0.1) is 26.7 Å². The summed E-state index contributed by atoms with van der Waals surface area (Å²) in [6.45, 7) is 10.1. The Labute approximate surface area is 155 Å². The van der Waals surface area contributed by atoms with Gasteiger partial charge in [0.2, 0.25) is 10.0 Å². The summed E-state index contributed by atoms with van der Waals surface area (Å²) in [5.74, 6) is -0.135. The van der Waals surface area contributed by atoms with Gasteiger partial charge in [-0.25, -0.2) is 13.1 Å². The first kappa shape index (κ1) is 20.1. The number of benzene rings is 2. The van der Waals surface area contributed by atoms with Crippen LogP contribution in [0.3, 0.4) is 0 Å². The minimum atomic E-state index is -3.64. The molecule has 0 unspecified atom stereocenters. The summed E-state index contributed by atoms with van der Waals surface area (Å²) < 4.78 is 27.3. The molecule has 0 aliphatic heterocycles. The number of carbonyl (C=O) groups is 1. The minimum absolute atomic E-state index is 0.0863. The van der Waals surface area contributed by atoms with E-state index in [2.05, 4.69) is 10.0 Å². The maximum absolute atomic E-state index is 12.6. The fraction of sp³-hybridized carbons (Fsp3) is 0.350. The van der Waals surface area contributed by atoms with Gasteiger partial charge in [-0.2, -0.15) is 0 Å². The molecule has 2 rings (SSSR count). The van der Waals surface area contributed by atoms with Gasteiger partial charge in [-0.05, 0) is 56.0 Å². The molecular formula is C20H26N2O3S. The Kier molecular flexibility index (Phi) is 6.21. The molecule has 1 amide bonds. The van der Waals surface area contributed by atoms with E-state index in [0.717, 1.165) is 22.4 Å². The predicted octanol–water partition coefficient (Wildman–Crippen LogP) is 3.80. The molecule has 0 fully saturated rings. The molecule has 6 heteroatoms. The number of rotatable bonds is 6. The fourth-order valence-electron chi connectivity index (χ4n) is 2.73. The van der Waals surface area contributed by atoms with Crippen molar-refractivity contribution in [2.75, 3.05) is 11.9 Å². The second-order valence-corrected chi connectivity index (χ2v) is 8.77. The number of aryl methyl sites for hydroxylation is 3. The van der Waals surface area contributed by atoms with Gasteiger partial charge in [0.25, 0.3) is 5.91 Å². The molecule has 0 aliphatic rings. The van der Waals surface area contributed by atoms with E-state index in [1.54, 1.807) is 12.1 Å². The lowest BCUT2D eigenvalue weighted by Crippen LogP contribution is -2.27. The van der Waals surface area contributed by atoms with Crippen molar-refractivity contribution >= 4 is 21.6 Å². The second-order valence-electron chi connectivity index (χ2n) is 7.00. The Morgan fingerprint density at radius 2 is 1.65 bits per heavy atom. The highest BCUT2D eigenvalue weighted by Gasteiger charge is 2.17. The zero-order chi connectivity index (χ0) is 19.5. The summed E-state index contributed by atoms with van der Waals surface area (Å²) in [6.07, 6.45) is 0. The van der Waals surface area contributed by atoms with E-state index < -0.39 is 10.0 Å². The Bertz CT molecular complexity index is 895. The first-order valence-electron chi connectivity index (χ1n) is 8.59. The zero-order valence-electron chi connectivity index (χ0n) is 15.9. The summed E-state index contributed by atoms with van der Waals surface area (Å²) in [7, 11) is -3.64. The summed E-state index contributed by atoms with van der Waals surface area (Å²) in [6, 6.07) is 10.1. The highest BCUT2D eigenvalue weighted by Crippen LogP contribution is 2.23. The van der Waals surface area contributed by atoms with Crippen LogP contribution in [0.1, 0.15) is 40.9 Å². The van der Waals surface area contributed by atoms with Gasteiger partial charge in [-0.3, -0.25) is 4.79 Å². The molecule has 0 saturated heterocycles. The highest BCUT2D eigenvalue weighted by atomic mass is 32.2. The number of amides is 1. The Morgan fingerprint density at radius 3 is 2.23 bits per heavy atom.